The molecule has 1 amide bonds. The Morgan fingerprint density at radius 3 is 2.81 bits per heavy atom. The second-order valence-electron chi connectivity index (χ2n) is 4.90. The van der Waals surface area contributed by atoms with Crippen LogP contribution in [0.15, 0.2) is 36.5 Å². The first-order valence-corrected chi connectivity index (χ1v) is 6.70. The molecule has 21 heavy (non-hydrogen) atoms. The Morgan fingerprint density at radius 1 is 1.24 bits per heavy atom. The summed E-state index contributed by atoms with van der Waals surface area (Å²) in [7, 11) is 0. The SMILES string of the molecule is Cl.Cl.O=C(NC1CCCNC1)c1nccc2ccccc12. The minimum absolute atomic E-state index is 0. The van der Waals surface area contributed by atoms with Gasteiger partial charge in [-0.25, -0.2) is 0 Å². The fourth-order valence-electron chi connectivity index (χ4n) is 2.53. The lowest BCUT2D eigenvalue weighted by Crippen LogP contribution is -2.45. The van der Waals surface area contributed by atoms with E-state index in [9.17, 15) is 4.79 Å². The quantitative estimate of drug-likeness (QED) is 0.891. The van der Waals surface area contributed by atoms with E-state index in [0.29, 0.717) is 5.69 Å². The zero-order valence-electron chi connectivity index (χ0n) is 11.5. The second-order valence-corrected chi connectivity index (χ2v) is 4.90. The summed E-state index contributed by atoms with van der Waals surface area (Å²) in [5.41, 5.74) is 0.517. The number of nitrogens with one attached hydrogen (secondary N) is 2. The molecule has 6 heteroatoms. The molecule has 1 fully saturated rings. The van der Waals surface area contributed by atoms with Crippen molar-refractivity contribution in [2.24, 2.45) is 0 Å². The van der Waals surface area contributed by atoms with E-state index < -0.39 is 0 Å². The first kappa shape index (κ1) is 17.7. The fraction of sp³-hybridized carbons (Fsp3) is 0.333. The molecule has 3 rings (SSSR count). The lowest BCUT2D eigenvalue weighted by Gasteiger charge is -2.23. The minimum atomic E-state index is -0.0782. The summed E-state index contributed by atoms with van der Waals surface area (Å²) in [6.45, 7) is 1.88. The molecule has 2 N–H and O–H groups in total. The van der Waals surface area contributed by atoms with Crippen molar-refractivity contribution >= 4 is 41.5 Å². The average Bonchev–Trinajstić information content (AvgIpc) is 2.47. The van der Waals surface area contributed by atoms with Gasteiger partial charge in [0.2, 0.25) is 0 Å². The van der Waals surface area contributed by atoms with Crippen molar-refractivity contribution in [2.45, 2.75) is 18.9 Å². The number of carbonyl (C=O) groups excluding carboxylic acids is 1. The van der Waals surface area contributed by atoms with Gasteiger partial charge < -0.3 is 10.6 Å². The maximum Gasteiger partial charge on any atom is 0.270 e. The molecule has 2 aromatic rings. The van der Waals surface area contributed by atoms with Crippen LogP contribution in [0, 0.1) is 0 Å². The molecule has 1 saturated heterocycles. The van der Waals surface area contributed by atoms with Gasteiger partial charge in [-0.05, 0) is 30.8 Å². The Bertz CT molecular complexity index is 595. The van der Waals surface area contributed by atoms with Crippen LogP contribution in [0.3, 0.4) is 0 Å². The molecule has 4 nitrogen and oxygen atoms in total. The predicted molar refractivity (Wildman–Crippen MR) is 89.6 cm³/mol. The van der Waals surface area contributed by atoms with Crippen LogP contribution in [0.5, 0.6) is 0 Å². The smallest absolute Gasteiger partial charge is 0.270 e. The van der Waals surface area contributed by atoms with Crippen LogP contribution < -0.4 is 10.6 Å². The number of amides is 1. The molecule has 1 unspecified atom stereocenters. The van der Waals surface area contributed by atoms with Crippen LogP contribution in [0.25, 0.3) is 10.8 Å². The van der Waals surface area contributed by atoms with Crippen LogP contribution >= 0.6 is 24.8 Å². The molecular weight excluding hydrogens is 309 g/mol. The lowest BCUT2D eigenvalue weighted by atomic mass is 10.1. The number of benzene rings is 1. The van der Waals surface area contributed by atoms with E-state index in [1.807, 2.05) is 30.3 Å². The molecule has 0 spiro atoms. The molecule has 1 aromatic carbocycles. The van der Waals surface area contributed by atoms with Gasteiger partial charge in [0.05, 0.1) is 0 Å². The van der Waals surface area contributed by atoms with Gasteiger partial charge in [0.1, 0.15) is 5.69 Å². The summed E-state index contributed by atoms with van der Waals surface area (Å²) in [5, 5.41) is 8.31. The number of hydrogen-bond donors (Lipinski definition) is 2. The number of nitrogens with zero attached hydrogens (tertiary/aromatic N) is 1. The monoisotopic (exact) mass is 327 g/mol. The van der Waals surface area contributed by atoms with Crippen LogP contribution in [0.1, 0.15) is 23.3 Å². The van der Waals surface area contributed by atoms with Crippen molar-refractivity contribution in [3.63, 3.8) is 0 Å². The van der Waals surface area contributed by atoms with E-state index in [4.69, 9.17) is 0 Å². The minimum Gasteiger partial charge on any atom is -0.347 e. The Balaban J connectivity index is 0.00000110. The van der Waals surface area contributed by atoms with Gasteiger partial charge in [-0.1, -0.05) is 24.3 Å². The molecule has 1 aromatic heterocycles. The van der Waals surface area contributed by atoms with Gasteiger partial charge in [0, 0.05) is 24.2 Å². The fourth-order valence-corrected chi connectivity index (χ4v) is 2.53. The number of hydrogen-bond acceptors (Lipinski definition) is 3. The first-order chi connectivity index (χ1) is 9.34. The van der Waals surface area contributed by atoms with Gasteiger partial charge in [0.25, 0.3) is 5.91 Å². The molecule has 1 atom stereocenters. The van der Waals surface area contributed by atoms with E-state index in [1.54, 1.807) is 6.20 Å². The van der Waals surface area contributed by atoms with Crippen molar-refractivity contribution in [3.05, 3.63) is 42.2 Å². The van der Waals surface area contributed by atoms with Crippen molar-refractivity contribution < 1.29 is 4.79 Å². The van der Waals surface area contributed by atoms with Crippen LogP contribution in [0.4, 0.5) is 0 Å². The summed E-state index contributed by atoms with van der Waals surface area (Å²) in [6.07, 6.45) is 3.83. The highest BCUT2D eigenvalue weighted by Crippen LogP contribution is 2.16. The third-order valence-electron chi connectivity index (χ3n) is 3.52. The van der Waals surface area contributed by atoms with Gasteiger partial charge >= 0.3 is 0 Å². The van der Waals surface area contributed by atoms with Crippen molar-refractivity contribution in [2.75, 3.05) is 13.1 Å². The summed E-state index contributed by atoms with van der Waals surface area (Å²) >= 11 is 0. The lowest BCUT2D eigenvalue weighted by molar-refractivity contribution is 0.0927. The first-order valence-electron chi connectivity index (χ1n) is 6.70. The van der Waals surface area contributed by atoms with Gasteiger partial charge in [-0.3, -0.25) is 9.78 Å². The molecule has 0 saturated carbocycles. The molecule has 1 aliphatic rings. The average molecular weight is 328 g/mol. The number of aromatic nitrogens is 1. The third-order valence-corrected chi connectivity index (χ3v) is 3.52. The Hall–Kier alpha value is -1.36. The second kappa shape index (κ2) is 8.17. The highest BCUT2D eigenvalue weighted by Gasteiger charge is 2.18. The molecule has 114 valence electrons. The zero-order valence-corrected chi connectivity index (χ0v) is 13.2. The summed E-state index contributed by atoms with van der Waals surface area (Å²) in [4.78, 5) is 16.6. The largest absolute Gasteiger partial charge is 0.347 e. The Morgan fingerprint density at radius 2 is 2.05 bits per heavy atom. The summed E-state index contributed by atoms with van der Waals surface area (Å²) in [6, 6.07) is 9.97. The van der Waals surface area contributed by atoms with Crippen LogP contribution in [0.2, 0.25) is 0 Å². The van der Waals surface area contributed by atoms with Gasteiger partial charge in [-0.15, -0.1) is 24.8 Å². The Labute approximate surface area is 136 Å². The van der Waals surface area contributed by atoms with Crippen molar-refractivity contribution in [1.29, 1.82) is 0 Å². The highest BCUT2D eigenvalue weighted by atomic mass is 35.5. The van der Waals surface area contributed by atoms with Crippen LogP contribution in [-0.2, 0) is 0 Å². The number of rotatable bonds is 2. The standard InChI is InChI=1S/C15H17N3O.2ClH/c19-15(18-12-5-3-8-16-10-12)14-13-6-2-1-4-11(13)7-9-17-14;;/h1-2,4,6-7,9,12,16H,3,5,8,10H2,(H,18,19);2*1H. The van der Waals surface area contributed by atoms with E-state index in [0.717, 1.165) is 36.7 Å². The number of piperidine rings is 1. The maximum absolute atomic E-state index is 12.3. The van der Waals surface area contributed by atoms with Gasteiger partial charge in [-0.2, -0.15) is 0 Å². The van der Waals surface area contributed by atoms with Gasteiger partial charge in [0.15, 0.2) is 0 Å². The molecule has 2 heterocycles. The highest BCUT2D eigenvalue weighted by molar-refractivity contribution is 6.05. The molecular formula is C15H19Cl2N3O. The molecule has 0 aliphatic carbocycles. The predicted octanol–water partition coefficient (Wildman–Crippen LogP) is 2.56. The topological polar surface area (TPSA) is 54.0 Å². The Kier molecular flexibility index (Phi) is 6.89. The number of pyridine rings is 1. The summed E-state index contributed by atoms with van der Waals surface area (Å²) in [5.74, 6) is -0.0782. The number of fused-ring (bicyclic) bond motifs is 1. The maximum atomic E-state index is 12.3. The van der Waals surface area contributed by atoms with E-state index in [1.165, 1.54) is 0 Å². The molecule has 0 bridgehead atoms. The number of carbonyl (C=O) groups is 1. The van der Waals surface area contributed by atoms with E-state index in [2.05, 4.69) is 15.6 Å². The van der Waals surface area contributed by atoms with Crippen molar-refractivity contribution in [3.8, 4) is 0 Å². The molecule has 0 radical (unpaired) electrons. The zero-order chi connectivity index (χ0) is 13.1. The molecule has 1 aliphatic heterocycles. The van der Waals surface area contributed by atoms with E-state index >= 15 is 0 Å². The van der Waals surface area contributed by atoms with Crippen LogP contribution in [-0.4, -0.2) is 30.0 Å². The van der Waals surface area contributed by atoms with E-state index in [-0.39, 0.29) is 36.8 Å². The third kappa shape index (κ3) is 4.06. The number of halogens is 2. The normalized spacial score (nSPS) is 17.4. The van der Waals surface area contributed by atoms with Crippen molar-refractivity contribution in [1.82, 2.24) is 15.6 Å². The summed E-state index contributed by atoms with van der Waals surface area (Å²) < 4.78 is 0.